The zero-order valence-corrected chi connectivity index (χ0v) is 30.1. The number of aromatic nitrogens is 2. The average molecular weight is 782 g/mol. The smallest absolute Gasteiger partial charge is 0.407 e. The normalized spacial score (nSPS) is 18.8. The van der Waals surface area contributed by atoms with Gasteiger partial charge in [0.05, 0.1) is 22.9 Å². The largest absolute Gasteiger partial charge is 0.447 e. The highest BCUT2D eigenvalue weighted by Crippen LogP contribution is 2.44. The molecule has 2 heterocycles. The van der Waals surface area contributed by atoms with Crippen molar-refractivity contribution in [1.29, 1.82) is 5.41 Å². The molecular weight excluding hydrogens is 744 g/mol. The Kier molecular flexibility index (Phi) is 11.6. The zero-order valence-electron chi connectivity index (χ0n) is 29.4. The van der Waals surface area contributed by atoms with Crippen LogP contribution in [0.3, 0.4) is 0 Å². The van der Waals surface area contributed by atoms with E-state index in [4.69, 9.17) is 21.7 Å². The number of benzene rings is 2. The van der Waals surface area contributed by atoms with Crippen molar-refractivity contribution in [2.75, 3.05) is 11.6 Å². The first kappa shape index (κ1) is 40.1. The number of ether oxygens (including phenoxy) is 1. The summed E-state index contributed by atoms with van der Waals surface area (Å²) in [7, 11) is 0. The number of anilines is 1. The van der Waals surface area contributed by atoms with Crippen molar-refractivity contribution in [3.8, 4) is 11.1 Å². The third kappa shape index (κ3) is 8.80. The van der Waals surface area contributed by atoms with Crippen LogP contribution in [-0.4, -0.2) is 70.8 Å². The molecule has 0 unspecified atom stereocenters. The summed E-state index contributed by atoms with van der Waals surface area (Å²) in [6.45, 7) is 2.14. The van der Waals surface area contributed by atoms with E-state index in [0.717, 1.165) is 11.2 Å². The second kappa shape index (κ2) is 15.7. The molecule has 1 saturated carbocycles. The first-order valence-electron chi connectivity index (χ1n) is 16.6. The highest BCUT2D eigenvalue weighted by molar-refractivity contribution is 6.33. The van der Waals surface area contributed by atoms with Gasteiger partial charge in [-0.2, -0.15) is 27.8 Å². The molecule has 3 N–H and O–H groups in total. The van der Waals surface area contributed by atoms with Crippen LogP contribution in [0, 0.1) is 10.8 Å². The number of nitrogens with one attached hydrogen (secondary N) is 3. The summed E-state index contributed by atoms with van der Waals surface area (Å²) in [6.07, 6.45) is -0.362. The van der Waals surface area contributed by atoms with E-state index in [1.807, 2.05) is 20.8 Å². The molecule has 1 saturated heterocycles. The Morgan fingerprint density at radius 1 is 1.15 bits per heavy atom. The fourth-order valence-electron chi connectivity index (χ4n) is 6.45. The minimum Gasteiger partial charge on any atom is -0.447 e. The second-order valence-electron chi connectivity index (χ2n) is 14.2. The van der Waals surface area contributed by atoms with Gasteiger partial charge in [0.25, 0.3) is 5.91 Å². The summed E-state index contributed by atoms with van der Waals surface area (Å²) in [4.78, 5) is 32.3. The first-order chi connectivity index (χ1) is 25.4. The van der Waals surface area contributed by atoms with Gasteiger partial charge in [0.1, 0.15) is 18.5 Å². The third-order valence-corrected chi connectivity index (χ3v) is 9.28. The maximum atomic E-state index is 14.9. The molecule has 54 heavy (non-hydrogen) atoms. The van der Waals surface area contributed by atoms with Crippen LogP contribution >= 0.6 is 11.6 Å². The van der Waals surface area contributed by atoms with E-state index >= 15 is 0 Å². The fraction of sp³-hybridized carbons (Fsp3) is 0.429. The SMILES string of the molecule is C=N/C=N\N(c1cc([C@@H](COC(=O)NC2(CC(F)F)CC2)N2C(=N)N[C@](CC(C)(C)C)(c3ccc(-c4cnn(C(F)F)c4)cc3)C2=O)ccc1Cl)C(F)F. The van der Waals surface area contributed by atoms with E-state index in [9.17, 15) is 35.9 Å². The maximum absolute atomic E-state index is 14.9. The van der Waals surface area contributed by atoms with Crippen LogP contribution in [0.15, 0.2) is 65.0 Å². The van der Waals surface area contributed by atoms with E-state index in [2.05, 4.69) is 32.5 Å². The fourth-order valence-corrected chi connectivity index (χ4v) is 6.65. The lowest BCUT2D eigenvalue weighted by molar-refractivity contribution is -0.134. The van der Waals surface area contributed by atoms with Crippen LogP contribution in [0.4, 0.5) is 36.8 Å². The predicted octanol–water partition coefficient (Wildman–Crippen LogP) is 7.92. The number of amides is 2. The van der Waals surface area contributed by atoms with Crippen LogP contribution in [0.1, 0.15) is 70.2 Å². The minimum absolute atomic E-state index is 0.0983. The lowest BCUT2D eigenvalue weighted by atomic mass is 9.75. The zero-order chi connectivity index (χ0) is 39.6. The van der Waals surface area contributed by atoms with Crippen molar-refractivity contribution >= 4 is 48.3 Å². The quantitative estimate of drug-likeness (QED) is 0.0471. The van der Waals surface area contributed by atoms with Gasteiger partial charge in [0.2, 0.25) is 6.43 Å². The topological polar surface area (TPSA) is 140 Å². The van der Waals surface area contributed by atoms with E-state index in [-0.39, 0.29) is 27.7 Å². The van der Waals surface area contributed by atoms with Crippen molar-refractivity contribution in [2.24, 2.45) is 15.5 Å². The number of guanidine groups is 1. The van der Waals surface area contributed by atoms with Gasteiger partial charge in [-0.15, -0.1) is 0 Å². The second-order valence-corrected chi connectivity index (χ2v) is 14.6. The number of hydrogen-bond donors (Lipinski definition) is 3. The predicted molar refractivity (Wildman–Crippen MR) is 190 cm³/mol. The van der Waals surface area contributed by atoms with E-state index in [1.165, 1.54) is 30.6 Å². The number of aliphatic imine (C=N–C) groups is 1. The number of rotatable bonds is 15. The highest BCUT2D eigenvalue weighted by atomic mass is 35.5. The van der Waals surface area contributed by atoms with Gasteiger partial charge in [0.15, 0.2) is 5.96 Å². The molecule has 1 aliphatic carbocycles. The van der Waals surface area contributed by atoms with Crippen LogP contribution in [0.5, 0.6) is 0 Å². The molecule has 0 radical (unpaired) electrons. The molecule has 1 aliphatic heterocycles. The Morgan fingerprint density at radius 3 is 2.39 bits per heavy atom. The van der Waals surface area contributed by atoms with Gasteiger partial charge in [0, 0.05) is 23.7 Å². The van der Waals surface area contributed by atoms with Gasteiger partial charge < -0.3 is 15.4 Å². The van der Waals surface area contributed by atoms with E-state index < -0.39 is 73.0 Å². The number of carbonyl (C=O) groups excluding carboxylic acids is 2. The van der Waals surface area contributed by atoms with E-state index in [0.29, 0.717) is 34.2 Å². The summed E-state index contributed by atoms with van der Waals surface area (Å²) >= 11 is 6.33. The van der Waals surface area contributed by atoms with Gasteiger partial charge in [-0.05, 0) is 60.2 Å². The Bertz CT molecular complexity index is 1900. The molecule has 2 atom stereocenters. The number of alkyl halides is 6. The minimum atomic E-state index is -3.21. The van der Waals surface area contributed by atoms with Crippen LogP contribution < -0.4 is 15.6 Å². The first-order valence-corrected chi connectivity index (χ1v) is 17.0. The molecule has 2 aromatic carbocycles. The number of hydrazone groups is 1. The molecule has 12 nitrogen and oxygen atoms in total. The van der Waals surface area contributed by atoms with Crippen molar-refractivity contribution < 1.29 is 40.7 Å². The summed E-state index contributed by atoms with van der Waals surface area (Å²) in [6, 6.07) is 8.99. The van der Waals surface area contributed by atoms with Crippen molar-refractivity contribution in [3.63, 3.8) is 0 Å². The number of carbonyl (C=O) groups is 2. The van der Waals surface area contributed by atoms with Gasteiger partial charge in [-0.1, -0.05) is 62.7 Å². The molecule has 0 spiro atoms. The summed E-state index contributed by atoms with van der Waals surface area (Å²) < 4.78 is 87.1. The monoisotopic (exact) mass is 781 g/mol. The standard InChI is InChI=1S/C35H38ClF6N9O3/c1-33(2,3)18-35(23-8-5-20(6-9-23)22-15-45-49(16-22)29(39)40)28(52)50(31(43)47-35)26(17-54-32(53)48-34(11-12-34)14-27(37)38)21-7-10-24(36)25(13-21)51(30(41)42)46-19-44-4/h5-10,13,15-16,19,26-27,29-30H,4,11-12,14,17-18H2,1-3H3,(H2,43,47)(H,48,53)/b46-19-/t26-,35-/m1/s1. The molecule has 1 aromatic heterocycles. The Labute approximate surface area is 311 Å². The van der Waals surface area contributed by atoms with Crippen LogP contribution in [-0.2, 0) is 15.1 Å². The molecule has 2 amide bonds. The number of halogens is 7. The summed E-state index contributed by atoms with van der Waals surface area (Å²) in [5.74, 6) is -1.09. The average Bonchev–Trinajstić information content (AvgIpc) is 3.53. The molecule has 5 rings (SSSR count). The highest BCUT2D eigenvalue weighted by Gasteiger charge is 2.55. The molecule has 290 valence electrons. The molecular formula is C35H38ClF6N9O3. The number of alkyl carbamates (subject to hydrolysis) is 1. The lowest BCUT2D eigenvalue weighted by Crippen LogP contribution is -2.47. The van der Waals surface area contributed by atoms with Crippen molar-refractivity contribution in [1.82, 2.24) is 25.3 Å². The molecule has 19 heteroatoms. The van der Waals surface area contributed by atoms with Gasteiger partial charge >= 0.3 is 19.2 Å². The number of nitrogens with zero attached hydrogens (tertiary/aromatic N) is 6. The Balaban J connectivity index is 1.55. The molecule has 2 aliphatic rings. The van der Waals surface area contributed by atoms with Crippen LogP contribution in [0.2, 0.25) is 5.02 Å². The molecule has 0 bridgehead atoms. The van der Waals surface area contributed by atoms with Crippen molar-refractivity contribution in [2.45, 2.75) is 83.1 Å². The number of hydrogen-bond acceptors (Lipinski definition) is 7. The third-order valence-electron chi connectivity index (χ3n) is 8.96. The summed E-state index contributed by atoms with van der Waals surface area (Å²) in [5.41, 5.74) is -2.17. The lowest BCUT2D eigenvalue weighted by Gasteiger charge is -2.35. The van der Waals surface area contributed by atoms with Crippen molar-refractivity contribution in [3.05, 3.63) is 71.0 Å². The molecule has 3 aromatic rings. The van der Waals surface area contributed by atoms with Gasteiger partial charge in [-0.3, -0.25) is 20.1 Å². The van der Waals surface area contributed by atoms with Crippen LogP contribution in [0.25, 0.3) is 11.1 Å². The Morgan fingerprint density at radius 2 is 1.83 bits per heavy atom. The maximum Gasteiger partial charge on any atom is 0.407 e. The Hall–Kier alpha value is -5.13. The molecule has 2 fully saturated rings. The van der Waals surface area contributed by atoms with E-state index in [1.54, 1.807) is 24.3 Å². The van der Waals surface area contributed by atoms with Gasteiger partial charge in [-0.25, -0.2) is 23.3 Å². The summed E-state index contributed by atoms with van der Waals surface area (Å²) in [5, 5.41) is 21.9.